The number of benzene rings is 2. The molecule has 0 unspecified atom stereocenters. The van der Waals surface area contributed by atoms with Crippen molar-refractivity contribution in [1.29, 1.82) is 0 Å². The van der Waals surface area contributed by atoms with E-state index in [1.807, 2.05) is 24.3 Å². The number of para-hydroxylation sites is 1. The summed E-state index contributed by atoms with van der Waals surface area (Å²) in [6, 6.07) is 14.1. The summed E-state index contributed by atoms with van der Waals surface area (Å²) in [6.07, 6.45) is 2.55. The molecule has 3 N–H and O–H groups in total. The molecule has 0 heterocycles. The maximum atomic E-state index is 6.09. The summed E-state index contributed by atoms with van der Waals surface area (Å²) < 4.78 is 11.2. The minimum Gasteiger partial charge on any atom is -0.493 e. The second-order valence-corrected chi connectivity index (χ2v) is 6.78. The molecule has 3 rings (SSSR count). The van der Waals surface area contributed by atoms with Crippen LogP contribution in [0.25, 0.3) is 0 Å². The first-order chi connectivity index (χ1) is 12.7. The number of anilines is 1. The molecule has 0 atom stereocenters. The second kappa shape index (κ2) is 10.5. The van der Waals surface area contributed by atoms with E-state index in [9.17, 15) is 0 Å². The summed E-state index contributed by atoms with van der Waals surface area (Å²) in [5.74, 6) is 2.01. The lowest BCUT2D eigenvalue weighted by Gasteiger charge is -2.13. The molecule has 1 aliphatic carbocycles. The monoisotopic (exact) mass is 481 g/mol. The van der Waals surface area contributed by atoms with Gasteiger partial charge in [0.1, 0.15) is 5.75 Å². The number of hydrogen-bond donors (Lipinski definition) is 2. The van der Waals surface area contributed by atoms with Crippen LogP contribution in [-0.4, -0.2) is 19.7 Å². The summed E-state index contributed by atoms with van der Waals surface area (Å²) >= 11 is 0. The highest BCUT2D eigenvalue weighted by atomic mass is 127. The van der Waals surface area contributed by atoms with Crippen LogP contribution < -0.4 is 15.8 Å². The zero-order chi connectivity index (χ0) is 18.4. The zero-order valence-electron chi connectivity index (χ0n) is 15.9. The quantitative estimate of drug-likeness (QED) is 0.332. The predicted octanol–water partition coefficient (Wildman–Crippen LogP) is 4.48. The highest BCUT2D eigenvalue weighted by Crippen LogP contribution is 2.31. The Bertz CT molecular complexity index is 776. The number of rotatable bonds is 8. The van der Waals surface area contributed by atoms with E-state index in [1.54, 1.807) is 7.11 Å². The molecule has 6 heteroatoms. The van der Waals surface area contributed by atoms with Gasteiger partial charge in [0.15, 0.2) is 5.96 Å². The Kier molecular flexibility index (Phi) is 8.37. The van der Waals surface area contributed by atoms with Gasteiger partial charge in [0, 0.05) is 23.9 Å². The van der Waals surface area contributed by atoms with Crippen molar-refractivity contribution in [2.45, 2.75) is 32.9 Å². The van der Waals surface area contributed by atoms with E-state index in [-0.39, 0.29) is 24.0 Å². The summed E-state index contributed by atoms with van der Waals surface area (Å²) in [7, 11) is 1.68. The zero-order valence-corrected chi connectivity index (χ0v) is 18.2. The molecule has 5 nitrogen and oxygen atoms in total. The van der Waals surface area contributed by atoms with Gasteiger partial charge in [0.2, 0.25) is 0 Å². The van der Waals surface area contributed by atoms with Gasteiger partial charge in [-0.1, -0.05) is 30.3 Å². The number of nitrogens with one attached hydrogen (secondary N) is 1. The molecule has 0 radical (unpaired) electrons. The van der Waals surface area contributed by atoms with Crippen LogP contribution >= 0.6 is 24.0 Å². The third-order valence-corrected chi connectivity index (χ3v) is 4.39. The molecule has 27 heavy (non-hydrogen) atoms. The Balaban J connectivity index is 0.00000261. The maximum absolute atomic E-state index is 6.09. The van der Waals surface area contributed by atoms with Crippen molar-refractivity contribution >= 4 is 35.6 Å². The molecular weight excluding hydrogens is 453 g/mol. The van der Waals surface area contributed by atoms with E-state index >= 15 is 0 Å². The van der Waals surface area contributed by atoms with Gasteiger partial charge >= 0.3 is 0 Å². The minimum atomic E-state index is 0. The molecule has 146 valence electrons. The van der Waals surface area contributed by atoms with Crippen molar-refractivity contribution in [3.63, 3.8) is 0 Å². The molecule has 0 bridgehead atoms. The van der Waals surface area contributed by atoms with Crippen LogP contribution in [0.4, 0.5) is 5.69 Å². The third-order valence-electron chi connectivity index (χ3n) is 4.39. The van der Waals surface area contributed by atoms with Crippen molar-refractivity contribution in [3.8, 4) is 5.75 Å². The van der Waals surface area contributed by atoms with Gasteiger partial charge in [-0.05, 0) is 43.4 Å². The van der Waals surface area contributed by atoms with E-state index < -0.39 is 0 Å². The van der Waals surface area contributed by atoms with E-state index in [0.29, 0.717) is 19.1 Å². The number of guanidine groups is 1. The SMILES string of the molecule is COCc1ccccc1NC(N)=NCc1ccc(C)cc1OCC1CC1.I. The average Bonchev–Trinajstić information content (AvgIpc) is 3.45. The number of aryl methyl sites for hydroxylation is 1. The number of ether oxygens (including phenoxy) is 2. The summed E-state index contributed by atoms with van der Waals surface area (Å²) in [4.78, 5) is 4.49. The van der Waals surface area contributed by atoms with E-state index in [0.717, 1.165) is 35.1 Å². The van der Waals surface area contributed by atoms with Crippen LogP contribution in [0.5, 0.6) is 5.75 Å². The standard InChI is InChI=1S/C21H27N3O2.HI/c1-15-7-10-17(20(11-15)26-13-16-8-9-16)12-23-21(22)24-19-6-4-3-5-18(19)14-25-2;/h3-7,10-11,16H,8-9,12-14H2,1-2H3,(H3,22,23,24);1H. The molecule has 2 aromatic rings. The average molecular weight is 481 g/mol. The van der Waals surface area contributed by atoms with Crippen LogP contribution in [-0.2, 0) is 17.9 Å². The molecule has 0 saturated heterocycles. The Morgan fingerprint density at radius 3 is 2.70 bits per heavy atom. The van der Waals surface area contributed by atoms with Crippen LogP contribution in [0.2, 0.25) is 0 Å². The molecule has 1 aliphatic rings. The van der Waals surface area contributed by atoms with Crippen molar-refractivity contribution in [1.82, 2.24) is 0 Å². The van der Waals surface area contributed by atoms with Crippen LogP contribution in [0.1, 0.15) is 29.5 Å². The van der Waals surface area contributed by atoms with Crippen molar-refractivity contribution in [2.24, 2.45) is 16.6 Å². The lowest BCUT2D eigenvalue weighted by Crippen LogP contribution is -2.23. The normalized spacial score (nSPS) is 13.8. The third kappa shape index (κ3) is 6.70. The minimum absolute atomic E-state index is 0. The number of hydrogen-bond acceptors (Lipinski definition) is 3. The molecule has 1 saturated carbocycles. The fourth-order valence-electron chi connectivity index (χ4n) is 2.69. The molecular formula is C21H28IN3O2. The second-order valence-electron chi connectivity index (χ2n) is 6.78. The fraction of sp³-hybridized carbons (Fsp3) is 0.381. The Labute approximate surface area is 178 Å². The van der Waals surface area contributed by atoms with Crippen LogP contribution in [0.3, 0.4) is 0 Å². The molecule has 2 aromatic carbocycles. The summed E-state index contributed by atoms with van der Waals surface area (Å²) in [5, 5.41) is 3.16. The summed E-state index contributed by atoms with van der Waals surface area (Å²) in [6.45, 7) is 3.86. The number of nitrogens with zero attached hydrogens (tertiary/aromatic N) is 1. The molecule has 1 fully saturated rings. The van der Waals surface area contributed by atoms with Gasteiger partial charge in [0.25, 0.3) is 0 Å². The lowest BCUT2D eigenvalue weighted by atomic mass is 10.1. The van der Waals surface area contributed by atoms with Gasteiger partial charge < -0.3 is 20.5 Å². The van der Waals surface area contributed by atoms with Crippen molar-refractivity contribution in [3.05, 3.63) is 59.2 Å². The van der Waals surface area contributed by atoms with Gasteiger partial charge in [-0.15, -0.1) is 24.0 Å². The lowest BCUT2D eigenvalue weighted by molar-refractivity contribution is 0.185. The van der Waals surface area contributed by atoms with Crippen molar-refractivity contribution in [2.75, 3.05) is 19.0 Å². The van der Waals surface area contributed by atoms with E-state index in [4.69, 9.17) is 15.2 Å². The smallest absolute Gasteiger partial charge is 0.193 e. The number of methoxy groups -OCH3 is 1. The first-order valence-electron chi connectivity index (χ1n) is 9.02. The van der Waals surface area contributed by atoms with Crippen LogP contribution in [0.15, 0.2) is 47.5 Å². The summed E-state index contributed by atoms with van der Waals surface area (Å²) in [5.41, 5.74) is 10.3. The fourth-order valence-corrected chi connectivity index (χ4v) is 2.69. The largest absolute Gasteiger partial charge is 0.493 e. The Hall–Kier alpha value is -1.80. The van der Waals surface area contributed by atoms with Gasteiger partial charge in [-0.25, -0.2) is 4.99 Å². The van der Waals surface area contributed by atoms with E-state index in [2.05, 4.69) is 35.4 Å². The highest BCUT2D eigenvalue weighted by molar-refractivity contribution is 14.0. The Morgan fingerprint density at radius 2 is 1.96 bits per heavy atom. The molecule has 0 aromatic heterocycles. The van der Waals surface area contributed by atoms with Gasteiger partial charge in [-0.3, -0.25) is 0 Å². The number of aliphatic imine (C=N–C) groups is 1. The molecule has 0 aliphatic heterocycles. The van der Waals surface area contributed by atoms with Crippen LogP contribution in [0, 0.1) is 12.8 Å². The number of halogens is 1. The first kappa shape index (κ1) is 21.5. The molecule has 0 spiro atoms. The highest BCUT2D eigenvalue weighted by Gasteiger charge is 2.22. The Morgan fingerprint density at radius 1 is 1.19 bits per heavy atom. The predicted molar refractivity (Wildman–Crippen MR) is 121 cm³/mol. The van der Waals surface area contributed by atoms with E-state index in [1.165, 1.54) is 18.4 Å². The topological polar surface area (TPSA) is 68.9 Å². The first-order valence-corrected chi connectivity index (χ1v) is 9.02. The number of nitrogens with two attached hydrogens (primary N) is 1. The maximum Gasteiger partial charge on any atom is 0.193 e. The van der Waals surface area contributed by atoms with Gasteiger partial charge in [-0.2, -0.15) is 0 Å². The van der Waals surface area contributed by atoms with Gasteiger partial charge in [0.05, 0.1) is 19.8 Å². The molecule has 0 amide bonds. The van der Waals surface area contributed by atoms with Crippen molar-refractivity contribution < 1.29 is 9.47 Å².